The summed E-state index contributed by atoms with van der Waals surface area (Å²) in [6, 6.07) is 29.3. The van der Waals surface area contributed by atoms with E-state index in [9.17, 15) is 0 Å². The molecule has 0 saturated carbocycles. The molecule has 0 radical (unpaired) electrons. The van der Waals surface area contributed by atoms with Crippen molar-refractivity contribution in [1.82, 2.24) is 19.9 Å². The summed E-state index contributed by atoms with van der Waals surface area (Å²) in [7, 11) is 0. The second kappa shape index (κ2) is 8.09. The summed E-state index contributed by atoms with van der Waals surface area (Å²) in [5, 5.41) is 4.73. The van der Waals surface area contributed by atoms with Gasteiger partial charge in [0.1, 0.15) is 11.3 Å². The lowest BCUT2D eigenvalue weighted by molar-refractivity contribution is 0.611. The van der Waals surface area contributed by atoms with Crippen molar-refractivity contribution >= 4 is 21.9 Å². The van der Waals surface area contributed by atoms with E-state index in [1.165, 1.54) is 11.1 Å². The first kappa shape index (κ1) is 18.5. The maximum Gasteiger partial charge on any atom is 0.141 e. The van der Waals surface area contributed by atoms with E-state index in [1.54, 1.807) is 0 Å². The molecular formula is C26H24N4. The Morgan fingerprint density at radius 3 is 2.30 bits per heavy atom. The van der Waals surface area contributed by atoms with E-state index in [0.29, 0.717) is 0 Å². The Bertz CT molecular complexity index is 1290. The van der Waals surface area contributed by atoms with Gasteiger partial charge in [-0.1, -0.05) is 78.9 Å². The molecule has 2 aromatic heterocycles. The fraction of sp³-hybridized carbons (Fsp3) is 0.154. The first-order chi connectivity index (χ1) is 14.8. The summed E-state index contributed by atoms with van der Waals surface area (Å²) in [6.07, 6.45) is 0. The summed E-state index contributed by atoms with van der Waals surface area (Å²) in [6.45, 7) is 4.60. The van der Waals surface area contributed by atoms with Crippen LogP contribution in [0.5, 0.6) is 0 Å². The van der Waals surface area contributed by atoms with Gasteiger partial charge < -0.3 is 9.88 Å². The molecule has 148 valence electrons. The number of pyridine rings is 1. The molecule has 4 nitrogen and oxygen atoms in total. The molecule has 5 rings (SSSR count). The number of hydrogen-bond acceptors (Lipinski definition) is 3. The quantitative estimate of drug-likeness (QED) is 0.396. The lowest BCUT2D eigenvalue weighted by Crippen LogP contribution is -2.20. The molecule has 0 aliphatic rings. The molecule has 0 bridgehead atoms. The van der Waals surface area contributed by atoms with E-state index >= 15 is 0 Å². The van der Waals surface area contributed by atoms with E-state index in [0.717, 1.165) is 53.1 Å². The van der Waals surface area contributed by atoms with Gasteiger partial charge in [0.2, 0.25) is 0 Å². The highest BCUT2D eigenvalue weighted by Crippen LogP contribution is 2.31. The third-order valence-electron chi connectivity index (χ3n) is 5.47. The Morgan fingerprint density at radius 1 is 0.800 bits per heavy atom. The van der Waals surface area contributed by atoms with Crippen LogP contribution in [0.25, 0.3) is 33.3 Å². The average molecular weight is 393 g/mol. The number of imidazole rings is 1. The van der Waals surface area contributed by atoms with Gasteiger partial charge in [0.15, 0.2) is 0 Å². The van der Waals surface area contributed by atoms with Gasteiger partial charge >= 0.3 is 0 Å². The van der Waals surface area contributed by atoms with Crippen LogP contribution in [-0.2, 0) is 13.1 Å². The van der Waals surface area contributed by atoms with Crippen LogP contribution < -0.4 is 5.32 Å². The molecule has 0 unspecified atom stereocenters. The number of rotatable bonds is 6. The minimum atomic E-state index is 0.834. The van der Waals surface area contributed by atoms with Gasteiger partial charge in [-0.25, -0.2) is 4.98 Å². The topological polar surface area (TPSA) is 42.7 Å². The smallest absolute Gasteiger partial charge is 0.141 e. The molecular weight excluding hydrogens is 368 g/mol. The first-order valence-corrected chi connectivity index (χ1v) is 10.4. The van der Waals surface area contributed by atoms with Crippen LogP contribution >= 0.6 is 0 Å². The second-order valence-electron chi connectivity index (χ2n) is 7.53. The predicted molar refractivity (Wildman–Crippen MR) is 123 cm³/mol. The van der Waals surface area contributed by atoms with Crippen LogP contribution in [0.4, 0.5) is 0 Å². The molecule has 4 heteroatoms. The van der Waals surface area contributed by atoms with Gasteiger partial charge in [0, 0.05) is 30.6 Å². The minimum absolute atomic E-state index is 0.834. The van der Waals surface area contributed by atoms with Crippen molar-refractivity contribution in [3.63, 3.8) is 0 Å². The number of aromatic nitrogens is 3. The van der Waals surface area contributed by atoms with Crippen molar-refractivity contribution < 1.29 is 0 Å². The monoisotopic (exact) mass is 392 g/mol. The van der Waals surface area contributed by atoms with Crippen LogP contribution in [0.2, 0.25) is 0 Å². The molecule has 0 amide bonds. The summed E-state index contributed by atoms with van der Waals surface area (Å²) in [5.41, 5.74) is 6.55. The number of nitrogens with zero attached hydrogens (tertiary/aromatic N) is 3. The zero-order valence-corrected chi connectivity index (χ0v) is 17.0. The molecule has 0 aliphatic carbocycles. The largest absolute Gasteiger partial charge is 0.322 e. The van der Waals surface area contributed by atoms with E-state index in [-0.39, 0.29) is 0 Å². The highest BCUT2D eigenvalue weighted by atomic mass is 15.1. The highest BCUT2D eigenvalue weighted by Gasteiger charge is 2.17. The molecule has 3 aromatic carbocycles. The molecule has 0 fully saturated rings. The van der Waals surface area contributed by atoms with Crippen molar-refractivity contribution in [2.75, 3.05) is 6.54 Å². The van der Waals surface area contributed by atoms with Crippen molar-refractivity contribution in [2.24, 2.45) is 0 Å². The summed E-state index contributed by atoms with van der Waals surface area (Å²) < 4.78 is 2.35. The zero-order chi connectivity index (χ0) is 20.3. The second-order valence-corrected chi connectivity index (χ2v) is 7.53. The van der Waals surface area contributed by atoms with Gasteiger partial charge in [0.05, 0.1) is 16.7 Å². The van der Waals surface area contributed by atoms with E-state index < -0.39 is 0 Å². The lowest BCUT2D eigenvalue weighted by Gasteiger charge is -2.12. The van der Waals surface area contributed by atoms with Crippen molar-refractivity contribution in [2.45, 2.75) is 20.0 Å². The predicted octanol–water partition coefficient (Wildman–Crippen LogP) is 5.35. The van der Waals surface area contributed by atoms with Crippen molar-refractivity contribution in [3.05, 3.63) is 96.2 Å². The third-order valence-corrected chi connectivity index (χ3v) is 5.47. The van der Waals surface area contributed by atoms with Crippen LogP contribution in [0.3, 0.4) is 0 Å². The van der Waals surface area contributed by atoms with Gasteiger partial charge in [-0.2, -0.15) is 0 Å². The Morgan fingerprint density at radius 2 is 1.50 bits per heavy atom. The van der Waals surface area contributed by atoms with E-state index in [2.05, 4.69) is 89.6 Å². The number of benzene rings is 3. The lowest BCUT2D eigenvalue weighted by atomic mass is 10.1. The summed E-state index contributed by atoms with van der Waals surface area (Å²) in [4.78, 5) is 9.84. The zero-order valence-electron chi connectivity index (χ0n) is 17.0. The molecule has 0 aliphatic heterocycles. The summed E-state index contributed by atoms with van der Waals surface area (Å²) in [5.74, 6) is 0.994. The molecule has 0 atom stereocenters. The molecule has 0 spiro atoms. The number of hydrogen-bond donors (Lipinski definition) is 1. The number of fused-ring (bicyclic) bond motifs is 3. The van der Waals surface area contributed by atoms with Crippen molar-refractivity contribution in [1.29, 1.82) is 0 Å². The SMILES string of the molecule is Cc1nc2ccccc2c2c1nc(-c1ccccc1)n2CCNCc1ccccc1. The maximum absolute atomic E-state index is 5.04. The average Bonchev–Trinajstić information content (AvgIpc) is 3.19. The molecule has 5 aromatic rings. The summed E-state index contributed by atoms with van der Waals surface area (Å²) >= 11 is 0. The van der Waals surface area contributed by atoms with Gasteiger partial charge in [-0.3, -0.25) is 4.98 Å². The van der Waals surface area contributed by atoms with Gasteiger partial charge in [-0.05, 0) is 18.6 Å². The Balaban J connectivity index is 1.57. The first-order valence-electron chi connectivity index (χ1n) is 10.4. The van der Waals surface area contributed by atoms with Crippen LogP contribution in [0.15, 0.2) is 84.9 Å². The van der Waals surface area contributed by atoms with Crippen LogP contribution in [0.1, 0.15) is 11.3 Å². The maximum atomic E-state index is 5.04. The number of nitrogens with one attached hydrogen (secondary N) is 1. The van der Waals surface area contributed by atoms with Crippen molar-refractivity contribution in [3.8, 4) is 11.4 Å². The van der Waals surface area contributed by atoms with Crippen LogP contribution in [-0.4, -0.2) is 21.1 Å². The number of aryl methyl sites for hydroxylation is 1. The Hall–Kier alpha value is -3.50. The Kier molecular flexibility index (Phi) is 4.99. The minimum Gasteiger partial charge on any atom is -0.322 e. The van der Waals surface area contributed by atoms with Gasteiger partial charge in [-0.15, -0.1) is 0 Å². The molecule has 1 N–H and O–H groups in total. The highest BCUT2D eigenvalue weighted by molar-refractivity contribution is 6.04. The third kappa shape index (κ3) is 3.46. The standard InChI is InChI=1S/C26H24N4/c1-19-24-25(22-14-8-9-15-23(22)28-19)30(26(29-24)21-12-6-3-7-13-21)17-16-27-18-20-10-4-2-5-11-20/h2-15,27H,16-18H2,1H3. The van der Waals surface area contributed by atoms with Crippen LogP contribution in [0, 0.1) is 6.92 Å². The van der Waals surface area contributed by atoms with Gasteiger partial charge in [0.25, 0.3) is 0 Å². The molecule has 0 saturated heterocycles. The fourth-order valence-electron chi connectivity index (χ4n) is 4.03. The van der Waals surface area contributed by atoms with E-state index in [1.807, 2.05) is 12.1 Å². The molecule has 2 heterocycles. The molecule has 30 heavy (non-hydrogen) atoms. The normalized spacial score (nSPS) is 11.4. The Labute approximate surface area is 176 Å². The fourth-order valence-corrected chi connectivity index (χ4v) is 4.03. The number of para-hydroxylation sites is 1. The van der Waals surface area contributed by atoms with E-state index in [4.69, 9.17) is 9.97 Å².